The Morgan fingerprint density at radius 3 is 2.50 bits per heavy atom. The van der Waals surface area contributed by atoms with Gasteiger partial charge in [-0.15, -0.1) is 0 Å². The number of rotatable bonds is 2. The number of hydroxylamine groups is 1. The predicted molar refractivity (Wildman–Crippen MR) is 66.2 cm³/mol. The Morgan fingerprint density at radius 2 is 1.90 bits per heavy atom. The first-order chi connectivity index (χ1) is 9.58. The van der Waals surface area contributed by atoms with E-state index in [-0.39, 0.29) is 11.4 Å². The fraction of sp³-hybridized carbons (Fsp3) is 0.0833. The standard InChI is InChI=1S/C12H10N4O4/c1-7(17)20-16-12(19)11-10(18)2-8(5-15-11)9-3-13-6-14-4-9/h2-6,18H,1H3,(H,16,19). The summed E-state index contributed by atoms with van der Waals surface area (Å²) in [4.78, 5) is 38.0. The minimum atomic E-state index is -0.825. The molecule has 8 heteroatoms. The zero-order chi connectivity index (χ0) is 14.5. The lowest BCUT2D eigenvalue weighted by Gasteiger charge is -2.06. The lowest BCUT2D eigenvalue weighted by atomic mass is 10.1. The summed E-state index contributed by atoms with van der Waals surface area (Å²) in [5.74, 6) is -1.86. The van der Waals surface area contributed by atoms with Gasteiger partial charge in [0.25, 0.3) is 0 Å². The summed E-state index contributed by atoms with van der Waals surface area (Å²) < 4.78 is 0. The number of pyridine rings is 1. The van der Waals surface area contributed by atoms with Crippen molar-refractivity contribution in [1.82, 2.24) is 20.4 Å². The van der Waals surface area contributed by atoms with Gasteiger partial charge in [-0.3, -0.25) is 9.59 Å². The molecule has 0 atom stereocenters. The molecular weight excluding hydrogens is 264 g/mol. The van der Waals surface area contributed by atoms with Crippen molar-refractivity contribution < 1.29 is 19.5 Å². The molecule has 20 heavy (non-hydrogen) atoms. The predicted octanol–water partition coefficient (Wildman–Crippen LogP) is 0.452. The van der Waals surface area contributed by atoms with Crippen molar-refractivity contribution in [3.63, 3.8) is 0 Å². The largest absolute Gasteiger partial charge is 0.505 e. The smallest absolute Gasteiger partial charge is 0.329 e. The average molecular weight is 274 g/mol. The van der Waals surface area contributed by atoms with Crippen LogP contribution in [-0.4, -0.2) is 31.9 Å². The Bertz CT molecular complexity index is 645. The van der Waals surface area contributed by atoms with Crippen LogP contribution < -0.4 is 5.48 Å². The van der Waals surface area contributed by atoms with Crippen molar-refractivity contribution in [2.24, 2.45) is 0 Å². The van der Waals surface area contributed by atoms with Gasteiger partial charge in [-0.1, -0.05) is 0 Å². The number of nitrogens with zero attached hydrogens (tertiary/aromatic N) is 3. The maximum atomic E-state index is 11.6. The van der Waals surface area contributed by atoms with Crippen LogP contribution >= 0.6 is 0 Å². The molecule has 0 aliphatic heterocycles. The van der Waals surface area contributed by atoms with Gasteiger partial charge >= 0.3 is 11.9 Å². The molecule has 8 nitrogen and oxygen atoms in total. The Labute approximate surface area is 113 Å². The van der Waals surface area contributed by atoms with E-state index in [1.54, 1.807) is 12.4 Å². The summed E-state index contributed by atoms with van der Waals surface area (Å²) in [5.41, 5.74) is 2.79. The highest BCUT2D eigenvalue weighted by Gasteiger charge is 2.15. The maximum Gasteiger partial charge on any atom is 0.329 e. The number of aromatic nitrogens is 3. The molecule has 0 unspecified atom stereocenters. The van der Waals surface area contributed by atoms with Gasteiger partial charge < -0.3 is 9.94 Å². The van der Waals surface area contributed by atoms with Crippen molar-refractivity contribution in [3.05, 3.63) is 36.7 Å². The van der Waals surface area contributed by atoms with Crippen molar-refractivity contribution in [2.75, 3.05) is 0 Å². The van der Waals surface area contributed by atoms with Gasteiger partial charge in [0.1, 0.15) is 12.1 Å². The molecule has 1 amide bonds. The topological polar surface area (TPSA) is 114 Å². The van der Waals surface area contributed by atoms with Gasteiger partial charge in [0.2, 0.25) is 0 Å². The molecule has 0 bridgehead atoms. The third-order valence-corrected chi connectivity index (χ3v) is 2.26. The fourth-order valence-electron chi connectivity index (χ4n) is 1.40. The van der Waals surface area contributed by atoms with Crippen LogP contribution in [0.3, 0.4) is 0 Å². The zero-order valence-corrected chi connectivity index (χ0v) is 10.4. The first-order valence-electron chi connectivity index (χ1n) is 5.50. The summed E-state index contributed by atoms with van der Waals surface area (Å²) in [6, 6.07) is 1.34. The highest BCUT2D eigenvalue weighted by Crippen LogP contribution is 2.23. The van der Waals surface area contributed by atoms with E-state index in [1.165, 1.54) is 18.6 Å². The average Bonchev–Trinajstić information content (AvgIpc) is 2.45. The molecule has 2 N–H and O–H groups in total. The van der Waals surface area contributed by atoms with E-state index in [0.717, 1.165) is 6.92 Å². The van der Waals surface area contributed by atoms with E-state index in [1.807, 2.05) is 5.48 Å². The van der Waals surface area contributed by atoms with Gasteiger partial charge in [0.15, 0.2) is 5.69 Å². The summed E-state index contributed by atoms with van der Waals surface area (Å²) in [6.07, 6.45) is 5.84. The molecule has 0 saturated heterocycles. The van der Waals surface area contributed by atoms with Gasteiger partial charge in [0, 0.05) is 36.6 Å². The van der Waals surface area contributed by atoms with Crippen LogP contribution in [0.15, 0.2) is 31.0 Å². The second-order valence-corrected chi connectivity index (χ2v) is 3.74. The molecule has 102 valence electrons. The second-order valence-electron chi connectivity index (χ2n) is 3.74. The van der Waals surface area contributed by atoms with Crippen molar-refractivity contribution >= 4 is 11.9 Å². The van der Waals surface area contributed by atoms with E-state index < -0.39 is 11.9 Å². The highest BCUT2D eigenvalue weighted by molar-refractivity contribution is 5.95. The highest BCUT2D eigenvalue weighted by atomic mass is 16.7. The number of amides is 1. The third kappa shape index (κ3) is 3.05. The van der Waals surface area contributed by atoms with Gasteiger partial charge in [0.05, 0.1) is 0 Å². The van der Waals surface area contributed by atoms with Gasteiger partial charge in [-0.05, 0) is 6.07 Å². The van der Waals surface area contributed by atoms with Crippen LogP contribution in [0.2, 0.25) is 0 Å². The fourth-order valence-corrected chi connectivity index (χ4v) is 1.40. The van der Waals surface area contributed by atoms with E-state index in [9.17, 15) is 14.7 Å². The number of hydrogen-bond acceptors (Lipinski definition) is 7. The lowest BCUT2D eigenvalue weighted by molar-refractivity contribution is -0.146. The molecule has 0 aromatic carbocycles. The Morgan fingerprint density at radius 1 is 1.20 bits per heavy atom. The Hall–Kier alpha value is -3.03. The first-order valence-corrected chi connectivity index (χ1v) is 5.50. The van der Waals surface area contributed by atoms with Gasteiger partial charge in [-0.25, -0.2) is 15.0 Å². The van der Waals surface area contributed by atoms with Crippen LogP contribution in [0.4, 0.5) is 0 Å². The molecular formula is C12H10N4O4. The molecule has 0 spiro atoms. The molecule has 0 aliphatic carbocycles. The Kier molecular flexibility index (Phi) is 3.85. The Balaban J connectivity index is 2.22. The van der Waals surface area contributed by atoms with E-state index in [2.05, 4.69) is 19.8 Å². The van der Waals surface area contributed by atoms with Crippen molar-refractivity contribution in [1.29, 1.82) is 0 Å². The molecule has 0 fully saturated rings. The molecule has 0 saturated carbocycles. The molecule has 0 aliphatic rings. The van der Waals surface area contributed by atoms with Gasteiger partial charge in [-0.2, -0.15) is 5.48 Å². The monoisotopic (exact) mass is 274 g/mol. The molecule has 2 rings (SSSR count). The SMILES string of the molecule is CC(=O)ONC(=O)c1ncc(-c2cncnc2)cc1O. The summed E-state index contributed by atoms with van der Waals surface area (Å²) in [5, 5.41) is 9.78. The third-order valence-electron chi connectivity index (χ3n) is 2.26. The summed E-state index contributed by atoms with van der Waals surface area (Å²) in [7, 11) is 0. The molecule has 2 aromatic rings. The minimum Gasteiger partial charge on any atom is -0.505 e. The van der Waals surface area contributed by atoms with Crippen LogP contribution in [0, 0.1) is 0 Å². The van der Waals surface area contributed by atoms with E-state index in [0.29, 0.717) is 11.1 Å². The van der Waals surface area contributed by atoms with E-state index >= 15 is 0 Å². The maximum absolute atomic E-state index is 11.6. The minimum absolute atomic E-state index is 0.258. The number of carbonyl (C=O) groups is 2. The normalized spacial score (nSPS) is 9.85. The molecule has 2 heterocycles. The summed E-state index contributed by atoms with van der Waals surface area (Å²) >= 11 is 0. The molecule has 0 radical (unpaired) electrons. The quantitative estimate of drug-likeness (QED) is 0.764. The summed E-state index contributed by atoms with van der Waals surface area (Å²) in [6.45, 7) is 1.13. The van der Waals surface area contributed by atoms with Crippen molar-refractivity contribution in [3.8, 4) is 16.9 Å². The van der Waals surface area contributed by atoms with Crippen LogP contribution in [0.1, 0.15) is 17.4 Å². The number of aromatic hydroxyl groups is 1. The number of nitrogens with one attached hydrogen (secondary N) is 1. The molecule has 2 aromatic heterocycles. The van der Waals surface area contributed by atoms with Crippen LogP contribution in [0.5, 0.6) is 5.75 Å². The lowest BCUT2D eigenvalue weighted by Crippen LogP contribution is -2.26. The first kappa shape index (κ1) is 13.4. The number of carbonyl (C=O) groups excluding carboxylic acids is 2. The number of hydrogen-bond donors (Lipinski definition) is 2. The second kappa shape index (κ2) is 5.74. The zero-order valence-electron chi connectivity index (χ0n) is 10.4. The van der Waals surface area contributed by atoms with Crippen LogP contribution in [0.25, 0.3) is 11.1 Å². The van der Waals surface area contributed by atoms with Crippen LogP contribution in [-0.2, 0) is 9.63 Å². The van der Waals surface area contributed by atoms with Crippen molar-refractivity contribution in [2.45, 2.75) is 6.92 Å². The van der Waals surface area contributed by atoms with E-state index in [4.69, 9.17) is 0 Å².